The molecule has 0 unspecified atom stereocenters. The standard InChI is InChI=1S/C36H43N11O14/c1-3-4-20(31(56)45-23(13-27(53)54)32(57)40-16(2)11-25(49)50)43-33(58)22(12-26(51)52)42-24(48)10-9-21(35(60)61)44-30(55)17-5-7-18(8-6-17)38-14-19-15-39-29-28(41-19)34(59)47-36(37)46-29/h3,5-8,15-16,20-23,38H,1,4,9-14H2,2H3,(H,40,57)(H,42,48)(H,43,58)(H,44,55)(H,45,56)(H,49,50)(H,51,52)(H,53,54)(H,60,61)(H3,37,39,46,47,59)/t16-,20+,21+,22+,23+/m1/s1. The predicted octanol–water partition coefficient (Wildman–Crippen LogP) is -2.17. The average Bonchev–Trinajstić information content (AvgIpc) is 3.17. The summed E-state index contributed by atoms with van der Waals surface area (Å²) in [4.78, 5) is 137. The number of aromatic nitrogens is 4. The summed E-state index contributed by atoms with van der Waals surface area (Å²) in [7, 11) is 0. The van der Waals surface area contributed by atoms with Crippen LogP contribution in [0.25, 0.3) is 11.2 Å². The summed E-state index contributed by atoms with van der Waals surface area (Å²) < 4.78 is 0. The number of aliphatic carboxylic acids is 4. The largest absolute Gasteiger partial charge is 0.481 e. The van der Waals surface area contributed by atoms with E-state index in [0.717, 1.165) is 0 Å². The van der Waals surface area contributed by atoms with Crippen molar-refractivity contribution in [2.45, 2.75) is 82.2 Å². The summed E-state index contributed by atoms with van der Waals surface area (Å²) in [6, 6.07) is -1.91. The highest BCUT2D eigenvalue weighted by molar-refractivity contribution is 5.98. The second-order valence-electron chi connectivity index (χ2n) is 13.3. The van der Waals surface area contributed by atoms with Crippen molar-refractivity contribution in [3.05, 3.63) is 64.7 Å². The first-order valence-corrected chi connectivity index (χ1v) is 18.1. The second-order valence-corrected chi connectivity index (χ2v) is 13.3. The zero-order chi connectivity index (χ0) is 45.4. The summed E-state index contributed by atoms with van der Waals surface area (Å²) in [6.45, 7) is 4.92. The molecule has 5 atom stereocenters. The number of aromatic amines is 1. The molecule has 3 rings (SSSR count). The number of benzene rings is 1. The van der Waals surface area contributed by atoms with E-state index in [-0.39, 0.29) is 35.6 Å². The summed E-state index contributed by atoms with van der Waals surface area (Å²) in [5.74, 6) is -11.1. The predicted molar refractivity (Wildman–Crippen MR) is 209 cm³/mol. The van der Waals surface area contributed by atoms with Crippen molar-refractivity contribution in [3.63, 3.8) is 0 Å². The quantitative estimate of drug-likeness (QED) is 0.0427. The van der Waals surface area contributed by atoms with Crippen molar-refractivity contribution in [1.82, 2.24) is 46.5 Å². The fourth-order valence-electron chi connectivity index (χ4n) is 5.40. The van der Waals surface area contributed by atoms with E-state index in [4.69, 9.17) is 10.8 Å². The molecule has 0 bridgehead atoms. The van der Waals surface area contributed by atoms with Crippen LogP contribution in [0.2, 0.25) is 0 Å². The summed E-state index contributed by atoms with van der Waals surface area (Å²) in [5, 5.41) is 51.5. The van der Waals surface area contributed by atoms with Gasteiger partial charge in [0.25, 0.3) is 11.5 Å². The SMILES string of the molecule is C=CC[C@H](NC(=O)[C@H](CC(=O)O)NC(=O)CC[C@H](NC(=O)c1ccc(NCc2cnc3nc(N)[nH]c(=O)c3n2)cc1)C(=O)O)C(=O)N[C@@H](CC(=O)O)C(=O)N[C@H](C)CC(=O)O. The highest BCUT2D eigenvalue weighted by atomic mass is 16.4. The van der Waals surface area contributed by atoms with Gasteiger partial charge in [-0.05, 0) is 44.0 Å². The number of nitrogens with zero attached hydrogens (tertiary/aromatic N) is 3. The Morgan fingerprint density at radius 3 is 1.93 bits per heavy atom. The molecule has 0 aliphatic rings. The minimum absolute atomic E-state index is 0.0183. The van der Waals surface area contributed by atoms with Gasteiger partial charge in [-0.25, -0.2) is 14.8 Å². The molecule has 25 heteroatoms. The fourth-order valence-corrected chi connectivity index (χ4v) is 5.40. The molecular formula is C36H43N11O14. The van der Waals surface area contributed by atoms with E-state index in [0.29, 0.717) is 11.4 Å². The number of carboxylic acid groups (broad SMARTS) is 4. The van der Waals surface area contributed by atoms with E-state index in [9.17, 15) is 63.3 Å². The van der Waals surface area contributed by atoms with Gasteiger partial charge in [0.05, 0.1) is 37.7 Å². The first kappa shape index (κ1) is 47.4. The first-order chi connectivity index (χ1) is 28.8. The topological polar surface area (TPSA) is 404 Å². The van der Waals surface area contributed by atoms with E-state index >= 15 is 0 Å². The highest BCUT2D eigenvalue weighted by Gasteiger charge is 2.32. The molecule has 0 saturated carbocycles. The Kier molecular flexibility index (Phi) is 17.3. The Morgan fingerprint density at radius 2 is 1.34 bits per heavy atom. The van der Waals surface area contributed by atoms with Gasteiger partial charge >= 0.3 is 23.9 Å². The molecule has 61 heavy (non-hydrogen) atoms. The normalized spacial score (nSPS) is 13.2. The molecule has 326 valence electrons. The number of fused-ring (bicyclic) bond motifs is 1. The van der Waals surface area contributed by atoms with Crippen molar-refractivity contribution in [3.8, 4) is 0 Å². The number of nitrogens with one attached hydrogen (secondary N) is 7. The van der Waals surface area contributed by atoms with Crippen LogP contribution >= 0.6 is 0 Å². The number of anilines is 2. The molecule has 0 aliphatic carbocycles. The summed E-state index contributed by atoms with van der Waals surface area (Å²) in [6.07, 6.45) is -1.34. The van der Waals surface area contributed by atoms with E-state index in [1.54, 1.807) is 0 Å². The number of nitrogen functional groups attached to an aromatic ring is 1. The van der Waals surface area contributed by atoms with Gasteiger partial charge in [-0.3, -0.25) is 48.1 Å². The number of H-pyrrole nitrogens is 1. The smallest absolute Gasteiger partial charge is 0.326 e. The molecule has 0 aliphatic heterocycles. The molecule has 0 spiro atoms. The molecule has 1 aromatic carbocycles. The Hall–Kier alpha value is -7.99. The number of hydrogen-bond acceptors (Lipinski definition) is 15. The number of carboxylic acids is 4. The zero-order valence-electron chi connectivity index (χ0n) is 32.3. The molecule has 2 aromatic heterocycles. The van der Waals surface area contributed by atoms with Crippen LogP contribution in [-0.4, -0.2) is 124 Å². The lowest BCUT2D eigenvalue weighted by Crippen LogP contribution is -2.57. The van der Waals surface area contributed by atoms with Crippen molar-refractivity contribution in [1.29, 1.82) is 0 Å². The molecule has 0 saturated heterocycles. The first-order valence-electron chi connectivity index (χ1n) is 18.1. The minimum atomic E-state index is -1.82. The third-order valence-corrected chi connectivity index (χ3v) is 8.32. The van der Waals surface area contributed by atoms with Crippen molar-refractivity contribution >= 4 is 76.2 Å². The number of rotatable bonds is 24. The molecule has 5 amide bonds. The molecule has 25 nitrogen and oxygen atoms in total. The number of hydrogen-bond donors (Lipinski definition) is 12. The van der Waals surface area contributed by atoms with Crippen molar-refractivity contribution < 1.29 is 63.6 Å². The van der Waals surface area contributed by atoms with E-state index < -0.39 is 121 Å². The number of carbonyl (C=O) groups excluding carboxylic acids is 5. The zero-order valence-corrected chi connectivity index (χ0v) is 32.3. The number of nitrogens with two attached hydrogens (primary N) is 1. The molecule has 13 N–H and O–H groups in total. The van der Waals surface area contributed by atoms with Crippen molar-refractivity contribution in [2.75, 3.05) is 11.1 Å². The Balaban J connectivity index is 1.59. The van der Waals surface area contributed by atoms with Crippen LogP contribution < -0.4 is 43.2 Å². The maximum absolute atomic E-state index is 13.2. The maximum atomic E-state index is 13.2. The lowest BCUT2D eigenvalue weighted by molar-refractivity contribution is -0.142. The van der Waals surface area contributed by atoms with Crippen LogP contribution in [0.15, 0.2) is 47.9 Å². The maximum Gasteiger partial charge on any atom is 0.326 e. The third kappa shape index (κ3) is 15.4. The van der Waals surface area contributed by atoms with Gasteiger partial charge in [-0.15, -0.1) is 6.58 Å². The molecular weight excluding hydrogens is 810 g/mol. The molecule has 0 fully saturated rings. The number of amides is 5. The van der Waals surface area contributed by atoms with Gasteiger partial charge in [-0.2, -0.15) is 4.98 Å². The Labute approximate surface area is 344 Å². The van der Waals surface area contributed by atoms with E-state index in [1.165, 1.54) is 43.5 Å². The van der Waals surface area contributed by atoms with Crippen LogP contribution in [0, 0.1) is 0 Å². The van der Waals surface area contributed by atoms with Crippen LogP contribution in [0.3, 0.4) is 0 Å². The van der Waals surface area contributed by atoms with Crippen LogP contribution in [0.5, 0.6) is 0 Å². The lowest BCUT2D eigenvalue weighted by Gasteiger charge is -2.24. The average molecular weight is 854 g/mol. The van der Waals surface area contributed by atoms with Gasteiger partial charge < -0.3 is 58.1 Å². The van der Waals surface area contributed by atoms with Gasteiger partial charge in [0.15, 0.2) is 11.2 Å². The van der Waals surface area contributed by atoms with Crippen LogP contribution in [0.1, 0.15) is 61.5 Å². The third-order valence-electron chi connectivity index (χ3n) is 8.32. The molecule has 3 aromatic rings. The second kappa shape index (κ2) is 22.2. The van der Waals surface area contributed by atoms with E-state index in [2.05, 4.69) is 58.4 Å². The highest BCUT2D eigenvalue weighted by Crippen LogP contribution is 2.13. The van der Waals surface area contributed by atoms with Crippen LogP contribution in [0.4, 0.5) is 11.6 Å². The van der Waals surface area contributed by atoms with E-state index in [1.807, 2.05) is 0 Å². The fraction of sp³-hybridized carbons (Fsp3) is 0.361. The molecule has 0 radical (unpaired) electrons. The van der Waals surface area contributed by atoms with Gasteiger partial charge in [0.2, 0.25) is 29.6 Å². The van der Waals surface area contributed by atoms with Crippen LogP contribution in [-0.2, 0) is 44.9 Å². The lowest BCUT2D eigenvalue weighted by atomic mass is 10.1. The van der Waals surface area contributed by atoms with Gasteiger partial charge in [0.1, 0.15) is 24.2 Å². The Morgan fingerprint density at radius 1 is 0.770 bits per heavy atom. The van der Waals surface area contributed by atoms with Crippen molar-refractivity contribution in [2.24, 2.45) is 0 Å². The Bertz CT molecular complexity index is 2230. The molecule has 2 heterocycles. The minimum Gasteiger partial charge on any atom is -0.481 e. The monoisotopic (exact) mass is 853 g/mol. The summed E-state index contributed by atoms with van der Waals surface area (Å²) >= 11 is 0. The number of carbonyl (C=O) groups is 9. The van der Waals surface area contributed by atoms with Gasteiger partial charge in [0, 0.05) is 23.7 Å². The summed E-state index contributed by atoms with van der Waals surface area (Å²) in [5.41, 5.74) is 5.93. The van der Waals surface area contributed by atoms with Gasteiger partial charge in [-0.1, -0.05) is 6.08 Å².